The van der Waals surface area contributed by atoms with E-state index >= 15 is 0 Å². The maximum atomic E-state index is 12.8. The molecule has 1 aliphatic rings. The Kier molecular flexibility index (Phi) is 3.97. The number of sulfonamides is 1. The molecule has 5 nitrogen and oxygen atoms in total. The third-order valence-electron chi connectivity index (χ3n) is 4.10. The monoisotopic (exact) mass is 321 g/mol. The predicted octanol–water partition coefficient (Wildman–Crippen LogP) is 2.77. The Morgan fingerprint density at radius 3 is 2.77 bits per heavy atom. The Morgan fingerprint density at radius 2 is 2.14 bits per heavy atom. The van der Waals surface area contributed by atoms with Gasteiger partial charge in [0, 0.05) is 19.0 Å². The molecule has 1 saturated heterocycles. The summed E-state index contributed by atoms with van der Waals surface area (Å²) in [5, 5.41) is 0. The standard InChI is InChI=1S/C16H19NO4S/c1-12-10-14(20-2)5-6-16(12)22(18,19)17-8-7-13(11-17)15-4-3-9-21-15/h3-6,9-10,13H,7-8,11H2,1-2H3. The molecule has 0 aliphatic carbocycles. The Hall–Kier alpha value is -1.79. The lowest BCUT2D eigenvalue weighted by Gasteiger charge is -2.18. The summed E-state index contributed by atoms with van der Waals surface area (Å²) in [7, 11) is -1.92. The van der Waals surface area contributed by atoms with Crippen molar-refractivity contribution in [1.29, 1.82) is 0 Å². The fourth-order valence-electron chi connectivity index (χ4n) is 2.88. The molecule has 2 aromatic rings. The van der Waals surface area contributed by atoms with Crippen molar-refractivity contribution in [2.45, 2.75) is 24.2 Å². The first-order valence-corrected chi connectivity index (χ1v) is 8.64. The van der Waals surface area contributed by atoms with Crippen LogP contribution in [0.4, 0.5) is 0 Å². The van der Waals surface area contributed by atoms with E-state index in [2.05, 4.69) is 0 Å². The highest BCUT2D eigenvalue weighted by molar-refractivity contribution is 7.89. The van der Waals surface area contributed by atoms with Crippen molar-refractivity contribution in [2.24, 2.45) is 0 Å². The molecule has 0 amide bonds. The number of ether oxygens (including phenoxy) is 1. The van der Waals surface area contributed by atoms with Crippen molar-refractivity contribution < 1.29 is 17.6 Å². The fraction of sp³-hybridized carbons (Fsp3) is 0.375. The zero-order valence-electron chi connectivity index (χ0n) is 12.7. The fourth-order valence-corrected chi connectivity index (χ4v) is 4.59. The summed E-state index contributed by atoms with van der Waals surface area (Å²) in [6, 6.07) is 8.77. The van der Waals surface area contributed by atoms with Crippen molar-refractivity contribution in [3.05, 3.63) is 47.9 Å². The highest BCUT2D eigenvalue weighted by Gasteiger charge is 2.35. The average molecular weight is 321 g/mol. The molecule has 6 heteroatoms. The minimum atomic E-state index is -3.48. The van der Waals surface area contributed by atoms with Crippen LogP contribution < -0.4 is 4.74 Å². The summed E-state index contributed by atoms with van der Waals surface area (Å²) < 4.78 is 37.7. The van der Waals surface area contributed by atoms with Crippen LogP contribution in [-0.2, 0) is 10.0 Å². The molecule has 0 radical (unpaired) electrons. The Labute approximate surface area is 130 Å². The second kappa shape index (κ2) is 5.78. The average Bonchev–Trinajstić information content (AvgIpc) is 3.17. The van der Waals surface area contributed by atoms with Gasteiger partial charge in [-0.05, 0) is 49.2 Å². The number of rotatable bonds is 4. The van der Waals surface area contributed by atoms with Crippen molar-refractivity contribution >= 4 is 10.0 Å². The molecule has 1 aromatic carbocycles. The second-order valence-electron chi connectivity index (χ2n) is 5.50. The normalized spacial score (nSPS) is 19.5. The predicted molar refractivity (Wildman–Crippen MR) is 82.6 cm³/mol. The number of nitrogens with zero attached hydrogens (tertiary/aromatic N) is 1. The number of hydrogen-bond acceptors (Lipinski definition) is 4. The Morgan fingerprint density at radius 1 is 1.32 bits per heavy atom. The molecule has 2 heterocycles. The first-order valence-electron chi connectivity index (χ1n) is 7.20. The highest BCUT2D eigenvalue weighted by atomic mass is 32.2. The number of benzene rings is 1. The molecule has 0 N–H and O–H groups in total. The molecule has 1 atom stereocenters. The topological polar surface area (TPSA) is 59.8 Å². The largest absolute Gasteiger partial charge is 0.497 e. The van der Waals surface area contributed by atoms with E-state index in [1.54, 1.807) is 38.5 Å². The lowest BCUT2D eigenvalue weighted by Crippen LogP contribution is -2.29. The van der Waals surface area contributed by atoms with E-state index in [9.17, 15) is 8.42 Å². The molecule has 22 heavy (non-hydrogen) atoms. The van der Waals surface area contributed by atoms with Gasteiger partial charge in [-0.15, -0.1) is 0 Å². The van der Waals surface area contributed by atoms with Gasteiger partial charge in [-0.2, -0.15) is 4.31 Å². The molecule has 3 rings (SSSR count). The third-order valence-corrected chi connectivity index (χ3v) is 6.12. The minimum absolute atomic E-state index is 0.128. The Balaban J connectivity index is 1.85. The van der Waals surface area contributed by atoms with Gasteiger partial charge in [0.15, 0.2) is 0 Å². The van der Waals surface area contributed by atoms with Crippen molar-refractivity contribution in [3.8, 4) is 5.75 Å². The van der Waals surface area contributed by atoms with Gasteiger partial charge in [0.1, 0.15) is 11.5 Å². The van der Waals surface area contributed by atoms with Gasteiger partial charge in [-0.3, -0.25) is 0 Å². The van der Waals surface area contributed by atoms with E-state index < -0.39 is 10.0 Å². The van der Waals surface area contributed by atoms with Crippen LogP contribution in [0.3, 0.4) is 0 Å². The van der Waals surface area contributed by atoms with E-state index in [4.69, 9.17) is 9.15 Å². The van der Waals surface area contributed by atoms with E-state index in [1.807, 2.05) is 12.1 Å². The molecule has 0 saturated carbocycles. The summed E-state index contributed by atoms with van der Waals surface area (Å²) in [6.07, 6.45) is 2.40. The first kappa shape index (κ1) is 15.1. The van der Waals surface area contributed by atoms with E-state index in [1.165, 1.54) is 4.31 Å². The smallest absolute Gasteiger partial charge is 0.243 e. The van der Waals surface area contributed by atoms with Gasteiger partial charge in [-0.1, -0.05) is 0 Å². The maximum absolute atomic E-state index is 12.8. The molecule has 118 valence electrons. The van der Waals surface area contributed by atoms with Crippen LogP contribution >= 0.6 is 0 Å². The van der Waals surface area contributed by atoms with Crippen molar-refractivity contribution in [1.82, 2.24) is 4.31 Å². The second-order valence-corrected chi connectivity index (χ2v) is 7.40. The van der Waals surface area contributed by atoms with Crippen LogP contribution in [0.25, 0.3) is 0 Å². The van der Waals surface area contributed by atoms with Crippen LogP contribution in [0.1, 0.15) is 23.7 Å². The lowest BCUT2D eigenvalue weighted by atomic mass is 10.1. The maximum Gasteiger partial charge on any atom is 0.243 e. The molecule has 1 aliphatic heterocycles. The van der Waals surface area contributed by atoms with Crippen LogP contribution in [0, 0.1) is 6.92 Å². The van der Waals surface area contributed by atoms with Crippen LogP contribution in [0.15, 0.2) is 45.9 Å². The third kappa shape index (κ3) is 2.64. The lowest BCUT2D eigenvalue weighted by molar-refractivity contribution is 0.413. The van der Waals surface area contributed by atoms with Gasteiger partial charge >= 0.3 is 0 Å². The van der Waals surface area contributed by atoms with Gasteiger partial charge in [0.25, 0.3) is 0 Å². The highest BCUT2D eigenvalue weighted by Crippen LogP contribution is 2.32. The van der Waals surface area contributed by atoms with Crippen molar-refractivity contribution in [2.75, 3.05) is 20.2 Å². The minimum Gasteiger partial charge on any atom is -0.497 e. The zero-order valence-corrected chi connectivity index (χ0v) is 13.5. The van der Waals surface area contributed by atoms with Crippen LogP contribution in [-0.4, -0.2) is 32.9 Å². The van der Waals surface area contributed by atoms with E-state index in [0.717, 1.165) is 12.2 Å². The number of methoxy groups -OCH3 is 1. The molecular weight excluding hydrogens is 302 g/mol. The first-order chi connectivity index (χ1) is 10.5. The van der Waals surface area contributed by atoms with Crippen molar-refractivity contribution in [3.63, 3.8) is 0 Å². The molecular formula is C16H19NO4S. The molecule has 0 bridgehead atoms. The molecule has 1 aromatic heterocycles. The Bertz CT molecular complexity index is 752. The number of furan rings is 1. The summed E-state index contributed by atoms with van der Waals surface area (Å²) in [5.41, 5.74) is 0.695. The summed E-state index contributed by atoms with van der Waals surface area (Å²) >= 11 is 0. The molecule has 0 spiro atoms. The van der Waals surface area contributed by atoms with Gasteiger partial charge in [-0.25, -0.2) is 8.42 Å². The molecule has 1 unspecified atom stereocenters. The quantitative estimate of drug-likeness (QED) is 0.869. The van der Waals surface area contributed by atoms with Gasteiger partial charge in [0.05, 0.1) is 18.3 Å². The van der Waals surface area contributed by atoms with E-state index in [0.29, 0.717) is 29.3 Å². The molecule has 1 fully saturated rings. The summed E-state index contributed by atoms with van der Waals surface area (Å²) in [4.78, 5) is 0.341. The number of aryl methyl sites for hydroxylation is 1. The van der Waals surface area contributed by atoms with Crippen LogP contribution in [0.2, 0.25) is 0 Å². The van der Waals surface area contributed by atoms with Gasteiger partial charge < -0.3 is 9.15 Å². The zero-order chi connectivity index (χ0) is 15.7. The summed E-state index contributed by atoms with van der Waals surface area (Å²) in [6.45, 7) is 2.76. The van der Waals surface area contributed by atoms with Crippen LogP contribution in [0.5, 0.6) is 5.75 Å². The van der Waals surface area contributed by atoms with Gasteiger partial charge in [0.2, 0.25) is 10.0 Å². The SMILES string of the molecule is COc1ccc(S(=O)(=O)N2CCC(c3ccco3)C2)c(C)c1. The summed E-state index contributed by atoms with van der Waals surface area (Å²) in [5.74, 6) is 1.64. The number of hydrogen-bond donors (Lipinski definition) is 0. The van der Waals surface area contributed by atoms with E-state index in [-0.39, 0.29) is 5.92 Å².